The number of nitrogen functional groups attached to an aromatic ring is 1. The Labute approximate surface area is 111 Å². The summed E-state index contributed by atoms with van der Waals surface area (Å²) in [6.07, 6.45) is 0. The third-order valence-electron chi connectivity index (χ3n) is 2.87. The van der Waals surface area contributed by atoms with Crippen molar-refractivity contribution in [1.82, 2.24) is 0 Å². The molecule has 2 N–H and O–H groups in total. The van der Waals surface area contributed by atoms with E-state index in [1.807, 2.05) is 6.07 Å². The summed E-state index contributed by atoms with van der Waals surface area (Å²) >= 11 is 1.62. The van der Waals surface area contributed by atoms with Crippen molar-refractivity contribution in [2.45, 2.75) is 24.5 Å². The van der Waals surface area contributed by atoms with Crippen molar-refractivity contribution in [3.8, 4) is 0 Å². The van der Waals surface area contributed by atoms with Crippen molar-refractivity contribution in [2.75, 3.05) is 5.73 Å². The lowest BCUT2D eigenvalue weighted by Gasteiger charge is -2.07. The topological polar surface area (TPSA) is 26.0 Å². The maximum absolute atomic E-state index is 13.3. The van der Waals surface area contributed by atoms with Crippen LogP contribution in [0.25, 0.3) is 0 Å². The van der Waals surface area contributed by atoms with E-state index < -0.39 is 0 Å². The van der Waals surface area contributed by atoms with E-state index >= 15 is 0 Å². The normalized spacial score (nSPS) is 10.6. The van der Waals surface area contributed by atoms with Crippen LogP contribution in [0.1, 0.15) is 16.7 Å². The third kappa shape index (κ3) is 3.05. The molecule has 0 aromatic heterocycles. The van der Waals surface area contributed by atoms with E-state index in [0.717, 1.165) is 10.6 Å². The van der Waals surface area contributed by atoms with Gasteiger partial charge in [-0.25, -0.2) is 4.39 Å². The molecular formula is C15H16FNS. The highest BCUT2D eigenvalue weighted by molar-refractivity contribution is 7.98. The second-order valence-corrected chi connectivity index (χ2v) is 5.45. The molecule has 0 aliphatic heterocycles. The van der Waals surface area contributed by atoms with E-state index in [1.165, 1.54) is 22.8 Å². The van der Waals surface area contributed by atoms with E-state index in [1.54, 1.807) is 17.8 Å². The summed E-state index contributed by atoms with van der Waals surface area (Å²) in [6.45, 7) is 4.18. The van der Waals surface area contributed by atoms with Gasteiger partial charge in [0.1, 0.15) is 5.82 Å². The molecule has 2 aromatic rings. The van der Waals surface area contributed by atoms with Gasteiger partial charge in [-0.2, -0.15) is 0 Å². The lowest BCUT2D eigenvalue weighted by atomic mass is 10.1. The molecule has 2 rings (SSSR count). The lowest BCUT2D eigenvalue weighted by Crippen LogP contribution is -1.91. The predicted octanol–water partition coefficient (Wildman–Crippen LogP) is 4.32. The summed E-state index contributed by atoms with van der Waals surface area (Å²) in [7, 11) is 0. The molecule has 0 fully saturated rings. The van der Waals surface area contributed by atoms with Crippen LogP contribution in [0.4, 0.5) is 10.1 Å². The van der Waals surface area contributed by atoms with Crippen LogP contribution in [0.3, 0.4) is 0 Å². The molecule has 2 aromatic carbocycles. The molecule has 0 amide bonds. The zero-order chi connectivity index (χ0) is 13.1. The number of halogens is 1. The average molecular weight is 261 g/mol. The molecule has 0 radical (unpaired) electrons. The Kier molecular flexibility index (Phi) is 3.92. The summed E-state index contributed by atoms with van der Waals surface area (Å²) < 4.78 is 13.3. The van der Waals surface area contributed by atoms with Crippen LogP contribution in [-0.2, 0) is 5.75 Å². The average Bonchev–Trinajstić information content (AvgIpc) is 2.34. The van der Waals surface area contributed by atoms with Crippen molar-refractivity contribution in [3.05, 3.63) is 58.9 Å². The standard InChI is InChI=1S/C15H16FNS/c1-10-3-4-11(2)12(7-10)9-18-13-5-6-15(17)14(16)8-13/h3-8H,9,17H2,1-2H3. The number of rotatable bonds is 3. The fraction of sp³-hybridized carbons (Fsp3) is 0.200. The van der Waals surface area contributed by atoms with Crippen LogP contribution in [0.15, 0.2) is 41.3 Å². The SMILES string of the molecule is Cc1ccc(C)c(CSc2ccc(N)c(F)c2)c1. The quantitative estimate of drug-likeness (QED) is 0.658. The first kappa shape index (κ1) is 13.0. The minimum Gasteiger partial charge on any atom is -0.396 e. The monoisotopic (exact) mass is 261 g/mol. The molecule has 0 saturated carbocycles. The van der Waals surface area contributed by atoms with E-state index in [4.69, 9.17) is 5.73 Å². The molecule has 94 valence electrons. The van der Waals surface area contributed by atoms with Crippen molar-refractivity contribution in [3.63, 3.8) is 0 Å². The maximum atomic E-state index is 13.3. The van der Waals surface area contributed by atoms with Crippen molar-refractivity contribution >= 4 is 17.4 Å². The first-order chi connectivity index (χ1) is 8.56. The van der Waals surface area contributed by atoms with Crippen LogP contribution < -0.4 is 5.73 Å². The van der Waals surface area contributed by atoms with Gasteiger partial charge in [0.15, 0.2) is 0 Å². The molecule has 18 heavy (non-hydrogen) atoms. The molecule has 3 heteroatoms. The van der Waals surface area contributed by atoms with Crippen LogP contribution in [-0.4, -0.2) is 0 Å². The Morgan fingerprint density at radius 2 is 1.89 bits per heavy atom. The van der Waals surface area contributed by atoms with Gasteiger partial charge in [-0.3, -0.25) is 0 Å². The van der Waals surface area contributed by atoms with Crippen LogP contribution in [0.2, 0.25) is 0 Å². The van der Waals surface area contributed by atoms with Crippen LogP contribution in [0.5, 0.6) is 0 Å². The van der Waals surface area contributed by atoms with Gasteiger partial charge in [0.05, 0.1) is 5.69 Å². The van der Waals surface area contributed by atoms with E-state index in [9.17, 15) is 4.39 Å². The summed E-state index contributed by atoms with van der Waals surface area (Å²) in [5, 5.41) is 0. The molecule has 0 aliphatic rings. The van der Waals surface area contributed by atoms with E-state index in [0.29, 0.717) is 0 Å². The molecule has 0 spiro atoms. The van der Waals surface area contributed by atoms with Gasteiger partial charge in [0.25, 0.3) is 0 Å². The zero-order valence-electron chi connectivity index (χ0n) is 10.5. The Hall–Kier alpha value is -1.48. The highest BCUT2D eigenvalue weighted by Crippen LogP contribution is 2.26. The summed E-state index contributed by atoms with van der Waals surface area (Å²) in [5.74, 6) is 0.498. The van der Waals surface area contributed by atoms with Crippen LogP contribution >= 0.6 is 11.8 Å². The summed E-state index contributed by atoms with van der Waals surface area (Å²) in [5.41, 5.74) is 9.46. The van der Waals surface area contributed by atoms with Gasteiger partial charge in [-0.15, -0.1) is 11.8 Å². The van der Waals surface area contributed by atoms with E-state index in [-0.39, 0.29) is 11.5 Å². The molecular weight excluding hydrogens is 245 g/mol. The molecule has 0 heterocycles. The van der Waals surface area contributed by atoms with Crippen molar-refractivity contribution in [1.29, 1.82) is 0 Å². The molecule has 0 aliphatic carbocycles. The largest absolute Gasteiger partial charge is 0.396 e. The van der Waals surface area contributed by atoms with Gasteiger partial charge in [0, 0.05) is 10.6 Å². The van der Waals surface area contributed by atoms with Gasteiger partial charge in [0.2, 0.25) is 0 Å². The lowest BCUT2D eigenvalue weighted by molar-refractivity contribution is 0.629. The third-order valence-corrected chi connectivity index (χ3v) is 3.91. The maximum Gasteiger partial charge on any atom is 0.147 e. The van der Waals surface area contributed by atoms with Gasteiger partial charge < -0.3 is 5.73 Å². The Morgan fingerprint density at radius 3 is 2.61 bits per heavy atom. The van der Waals surface area contributed by atoms with Gasteiger partial charge >= 0.3 is 0 Å². The Balaban J connectivity index is 2.11. The number of hydrogen-bond acceptors (Lipinski definition) is 2. The number of anilines is 1. The highest BCUT2D eigenvalue weighted by atomic mass is 32.2. The Bertz CT molecular complexity index is 566. The minimum absolute atomic E-state index is 0.200. The van der Waals surface area contributed by atoms with E-state index in [2.05, 4.69) is 32.0 Å². The molecule has 0 unspecified atom stereocenters. The first-order valence-electron chi connectivity index (χ1n) is 5.80. The first-order valence-corrected chi connectivity index (χ1v) is 6.79. The second-order valence-electron chi connectivity index (χ2n) is 4.40. The molecule has 0 bridgehead atoms. The number of nitrogens with two attached hydrogens (primary N) is 1. The highest BCUT2D eigenvalue weighted by Gasteiger charge is 2.03. The van der Waals surface area contributed by atoms with Gasteiger partial charge in [-0.05, 0) is 43.2 Å². The fourth-order valence-electron chi connectivity index (χ4n) is 1.71. The van der Waals surface area contributed by atoms with Crippen molar-refractivity contribution < 1.29 is 4.39 Å². The number of thioether (sulfide) groups is 1. The summed E-state index contributed by atoms with van der Waals surface area (Å²) in [4.78, 5) is 0.905. The number of aryl methyl sites for hydroxylation is 2. The Morgan fingerprint density at radius 1 is 1.11 bits per heavy atom. The number of benzene rings is 2. The zero-order valence-corrected chi connectivity index (χ0v) is 11.4. The minimum atomic E-state index is -0.346. The second kappa shape index (κ2) is 5.44. The van der Waals surface area contributed by atoms with Gasteiger partial charge in [-0.1, -0.05) is 23.8 Å². The van der Waals surface area contributed by atoms with Crippen LogP contribution in [0, 0.1) is 19.7 Å². The summed E-state index contributed by atoms with van der Waals surface area (Å²) in [6, 6.07) is 11.4. The smallest absolute Gasteiger partial charge is 0.147 e. The molecule has 0 atom stereocenters. The molecule has 1 nitrogen and oxygen atoms in total. The fourth-order valence-corrected chi connectivity index (χ4v) is 2.70. The number of hydrogen-bond donors (Lipinski definition) is 1. The molecule has 0 saturated heterocycles. The van der Waals surface area contributed by atoms with Crippen molar-refractivity contribution in [2.24, 2.45) is 0 Å². The predicted molar refractivity (Wildman–Crippen MR) is 76.3 cm³/mol.